The van der Waals surface area contributed by atoms with Crippen molar-refractivity contribution in [3.05, 3.63) is 53.1 Å². The van der Waals surface area contributed by atoms with Gasteiger partial charge in [0.1, 0.15) is 6.04 Å². The molecule has 3 N–H and O–H groups in total. The maximum atomic E-state index is 13.0. The second-order valence-electron chi connectivity index (χ2n) is 7.13. The Labute approximate surface area is 196 Å². The van der Waals surface area contributed by atoms with Crippen molar-refractivity contribution in [2.24, 2.45) is 10.8 Å². The van der Waals surface area contributed by atoms with Gasteiger partial charge in [-0.15, -0.1) is 0 Å². The first-order chi connectivity index (χ1) is 15.7. The number of carbonyl (C=O) groups excluding carboxylic acids is 2. The minimum Gasteiger partial charge on any atom is -0.493 e. The summed E-state index contributed by atoms with van der Waals surface area (Å²) in [7, 11) is -2.42. The standard InChI is InChI=1S/C21H23ClN4O6S/c1-31-19-11-14(4-9-18(19)32-13-20(23)27)12-24-25-21(28)17-3-2-10-26(17)33(29,30)16-7-5-15(22)6-8-16/h4-9,11-12,17H,2-3,10,13H2,1H3,(H2,23,27)(H,25,28)/b24-12-/t17-/m1/s1. The molecule has 10 nitrogen and oxygen atoms in total. The quantitative estimate of drug-likeness (QED) is 0.400. The van der Waals surface area contributed by atoms with Crippen LogP contribution in [0.1, 0.15) is 18.4 Å². The zero-order valence-corrected chi connectivity index (χ0v) is 19.3. The fraction of sp³-hybridized carbons (Fsp3) is 0.286. The van der Waals surface area contributed by atoms with Crippen LogP contribution in [0.5, 0.6) is 11.5 Å². The third-order valence-corrected chi connectivity index (χ3v) is 7.05. The van der Waals surface area contributed by atoms with Crippen LogP contribution in [0.4, 0.5) is 0 Å². The summed E-state index contributed by atoms with van der Waals surface area (Å²) in [5.74, 6) is -0.479. The van der Waals surface area contributed by atoms with E-state index in [0.29, 0.717) is 34.9 Å². The summed E-state index contributed by atoms with van der Waals surface area (Å²) in [5.41, 5.74) is 8.05. The lowest BCUT2D eigenvalue weighted by atomic mass is 10.2. The van der Waals surface area contributed by atoms with Crippen molar-refractivity contribution in [3.63, 3.8) is 0 Å². The first kappa shape index (κ1) is 24.5. The zero-order valence-electron chi connectivity index (χ0n) is 17.7. The Hall–Kier alpha value is -3.15. The highest BCUT2D eigenvalue weighted by Crippen LogP contribution is 2.28. The summed E-state index contributed by atoms with van der Waals surface area (Å²) in [6.45, 7) is -0.0621. The molecule has 1 atom stereocenters. The van der Waals surface area contributed by atoms with E-state index in [-0.39, 0.29) is 18.0 Å². The van der Waals surface area contributed by atoms with Gasteiger partial charge < -0.3 is 15.2 Å². The highest BCUT2D eigenvalue weighted by Gasteiger charge is 2.39. The molecule has 3 rings (SSSR count). The SMILES string of the molecule is COc1cc(/C=N\NC(=O)[C@H]2CCCN2S(=O)(=O)c2ccc(Cl)cc2)ccc1OCC(N)=O. The second kappa shape index (κ2) is 10.6. The van der Waals surface area contributed by atoms with Crippen LogP contribution in [0, 0.1) is 0 Å². The highest BCUT2D eigenvalue weighted by atomic mass is 35.5. The molecular formula is C21H23ClN4O6S. The van der Waals surface area contributed by atoms with Gasteiger partial charge in [0.2, 0.25) is 10.0 Å². The molecule has 0 unspecified atom stereocenters. The molecule has 0 radical (unpaired) electrons. The van der Waals surface area contributed by atoms with E-state index < -0.39 is 27.9 Å². The van der Waals surface area contributed by atoms with Gasteiger partial charge in [-0.3, -0.25) is 9.59 Å². The maximum absolute atomic E-state index is 13.0. The Bertz CT molecular complexity index is 1150. The number of hydrogen-bond acceptors (Lipinski definition) is 7. The molecule has 2 amide bonds. The van der Waals surface area contributed by atoms with Gasteiger partial charge in [0.15, 0.2) is 18.1 Å². The van der Waals surface area contributed by atoms with Crippen LogP contribution in [0.25, 0.3) is 0 Å². The van der Waals surface area contributed by atoms with E-state index in [9.17, 15) is 18.0 Å². The lowest BCUT2D eigenvalue weighted by Gasteiger charge is -2.22. The summed E-state index contributed by atoms with van der Waals surface area (Å²) in [6, 6.07) is 9.73. The summed E-state index contributed by atoms with van der Waals surface area (Å²) >= 11 is 5.84. The number of ether oxygens (including phenoxy) is 2. The minimum atomic E-state index is -3.85. The number of nitrogens with one attached hydrogen (secondary N) is 1. The second-order valence-corrected chi connectivity index (χ2v) is 9.45. The van der Waals surface area contributed by atoms with Crippen LogP contribution in [-0.4, -0.2) is 57.1 Å². The lowest BCUT2D eigenvalue weighted by molar-refractivity contribution is -0.124. The predicted molar refractivity (Wildman–Crippen MR) is 122 cm³/mol. The fourth-order valence-electron chi connectivity index (χ4n) is 3.31. The van der Waals surface area contributed by atoms with Crippen molar-refractivity contribution in [1.29, 1.82) is 0 Å². The summed E-state index contributed by atoms with van der Waals surface area (Å²) in [5, 5.41) is 4.35. The van der Waals surface area contributed by atoms with Gasteiger partial charge in [0.05, 0.1) is 18.2 Å². The lowest BCUT2D eigenvalue weighted by Crippen LogP contribution is -2.44. The van der Waals surface area contributed by atoms with Gasteiger partial charge in [-0.05, 0) is 60.9 Å². The van der Waals surface area contributed by atoms with E-state index >= 15 is 0 Å². The molecule has 176 valence electrons. The molecule has 1 heterocycles. The average Bonchev–Trinajstić information content (AvgIpc) is 3.29. The topological polar surface area (TPSA) is 140 Å². The number of hydrazone groups is 1. The van der Waals surface area contributed by atoms with Gasteiger partial charge in [-0.2, -0.15) is 9.41 Å². The van der Waals surface area contributed by atoms with Crippen LogP contribution in [0.2, 0.25) is 5.02 Å². The molecule has 1 saturated heterocycles. The monoisotopic (exact) mass is 494 g/mol. The molecule has 0 spiro atoms. The number of halogens is 1. The number of benzene rings is 2. The van der Waals surface area contributed by atoms with E-state index in [0.717, 1.165) is 0 Å². The normalized spacial score (nSPS) is 16.6. The first-order valence-electron chi connectivity index (χ1n) is 9.92. The van der Waals surface area contributed by atoms with Gasteiger partial charge in [0.25, 0.3) is 11.8 Å². The predicted octanol–water partition coefficient (Wildman–Crippen LogP) is 1.52. The number of primary amides is 1. The van der Waals surface area contributed by atoms with E-state index in [4.69, 9.17) is 26.8 Å². The minimum absolute atomic E-state index is 0.0702. The molecule has 1 aliphatic heterocycles. The molecule has 33 heavy (non-hydrogen) atoms. The van der Waals surface area contributed by atoms with Crippen molar-refractivity contribution in [1.82, 2.24) is 9.73 Å². The van der Waals surface area contributed by atoms with Crippen LogP contribution >= 0.6 is 11.6 Å². The van der Waals surface area contributed by atoms with Crippen molar-refractivity contribution in [3.8, 4) is 11.5 Å². The fourth-order valence-corrected chi connectivity index (χ4v) is 5.09. The molecule has 12 heteroatoms. The van der Waals surface area contributed by atoms with Crippen molar-refractivity contribution in [2.75, 3.05) is 20.3 Å². The van der Waals surface area contributed by atoms with Gasteiger partial charge in [0, 0.05) is 11.6 Å². The van der Waals surface area contributed by atoms with E-state index in [1.807, 2.05) is 0 Å². The molecule has 2 aromatic carbocycles. The Morgan fingerprint density at radius 2 is 1.97 bits per heavy atom. The largest absolute Gasteiger partial charge is 0.493 e. The van der Waals surface area contributed by atoms with Gasteiger partial charge in [-0.25, -0.2) is 13.8 Å². The molecule has 0 aliphatic carbocycles. The third kappa shape index (κ3) is 6.01. The van der Waals surface area contributed by atoms with Crippen molar-refractivity contribution in [2.45, 2.75) is 23.8 Å². The molecule has 1 aliphatic rings. The van der Waals surface area contributed by atoms with Crippen molar-refractivity contribution >= 4 is 39.7 Å². The number of hydrogen-bond donors (Lipinski definition) is 2. The Balaban J connectivity index is 1.67. The molecule has 2 aromatic rings. The van der Waals surface area contributed by atoms with Crippen molar-refractivity contribution < 1.29 is 27.5 Å². The molecule has 0 bridgehead atoms. The summed E-state index contributed by atoms with van der Waals surface area (Å²) < 4.78 is 37.6. The van der Waals surface area contributed by atoms with Crippen LogP contribution < -0.4 is 20.6 Å². The molecule has 0 saturated carbocycles. The Morgan fingerprint density at radius 3 is 2.64 bits per heavy atom. The Morgan fingerprint density at radius 1 is 1.24 bits per heavy atom. The highest BCUT2D eigenvalue weighted by molar-refractivity contribution is 7.89. The van der Waals surface area contributed by atoms with Crippen LogP contribution in [0.3, 0.4) is 0 Å². The summed E-state index contributed by atoms with van der Waals surface area (Å²) in [6.07, 6.45) is 2.32. The average molecular weight is 495 g/mol. The number of amides is 2. The van der Waals surface area contributed by atoms with Gasteiger partial charge >= 0.3 is 0 Å². The van der Waals surface area contributed by atoms with E-state index in [1.165, 1.54) is 41.9 Å². The van der Waals surface area contributed by atoms with Crippen LogP contribution in [0.15, 0.2) is 52.5 Å². The van der Waals surface area contributed by atoms with Gasteiger partial charge in [-0.1, -0.05) is 11.6 Å². The molecule has 1 fully saturated rings. The summed E-state index contributed by atoms with van der Waals surface area (Å²) in [4.78, 5) is 23.6. The first-order valence-corrected chi connectivity index (χ1v) is 11.7. The van der Waals surface area contributed by atoms with Crippen LogP contribution in [-0.2, 0) is 19.6 Å². The number of methoxy groups -OCH3 is 1. The number of nitrogens with two attached hydrogens (primary N) is 1. The smallest absolute Gasteiger partial charge is 0.258 e. The van der Waals surface area contributed by atoms with E-state index in [2.05, 4.69) is 10.5 Å². The maximum Gasteiger partial charge on any atom is 0.258 e. The number of rotatable bonds is 9. The van der Waals surface area contributed by atoms with E-state index in [1.54, 1.807) is 18.2 Å². The number of sulfonamides is 1. The molecule has 0 aromatic heterocycles. The Kier molecular flexibility index (Phi) is 7.90. The molecular weight excluding hydrogens is 472 g/mol. The number of nitrogens with zero attached hydrogens (tertiary/aromatic N) is 2. The number of carbonyl (C=O) groups is 2. The zero-order chi connectivity index (χ0) is 24.0. The third-order valence-electron chi connectivity index (χ3n) is 4.87.